The van der Waals surface area contributed by atoms with Crippen molar-refractivity contribution >= 4 is 43.3 Å². The van der Waals surface area contributed by atoms with Crippen molar-refractivity contribution in [3.05, 3.63) is 39.9 Å². The smallest absolute Gasteiger partial charge is 0.308 e. The molecule has 2 aromatic carbocycles. The number of halogens is 1. The SMILES string of the molecule is CC(=O)Oc1c(C)cc(OCC(O)CNC(C)C)c(C)c1C.CC(C)CC1Nc2cc(Cl)c(S(N)(=O)=O)cc2S(=O)(=O)N1. The number of aliphatic hydroxyl groups excluding tert-OH is 1. The number of fused-ring (bicyclic) bond motifs is 1. The molecule has 15 heteroatoms. The van der Waals surface area contributed by atoms with Gasteiger partial charge in [0, 0.05) is 19.5 Å². The summed E-state index contributed by atoms with van der Waals surface area (Å²) in [5, 5.41) is 21.0. The summed E-state index contributed by atoms with van der Waals surface area (Å²) >= 11 is 5.88. The van der Waals surface area contributed by atoms with E-state index in [1.807, 2.05) is 54.5 Å². The number of nitrogens with one attached hydrogen (secondary N) is 3. The zero-order chi connectivity index (χ0) is 32.9. The number of hydrogen-bond acceptors (Lipinski definition) is 10. The van der Waals surface area contributed by atoms with Crippen molar-refractivity contribution in [1.82, 2.24) is 10.0 Å². The van der Waals surface area contributed by atoms with E-state index in [-0.39, 0.29) is 34.1 Å². The van der Waals surface area contributed by atoms with Crippen molar-refractivity contribution in [2.24, 2.45) is 11.1 Å². The molecule has 2 aromatic rings. The van der Waals surface area contributed by atoms with E-state index < -0.39 is 37.2 Å². The van der Waals surface area contributed by atoms with Gasteiger partial charge in [-0.1, -0.05) is 39.3 Å². The number of hydrogen-bond donors (Lipinski definition) is 5. The number of primary sulfonamides is 1. The maximum atomic E-state index is 12.2. The van der Waals surface area contributed by atoms with E-state index in [1.54, 1.807) is 0 Å². The van der Waals surface area contributed by atoms with Crippen molar-refractivity contribution in [3.8, 4) is 11.5 Å². The fourth-order valence-corrected chi connectivity index (χ4v) is 6.73. The lowest BCUT2D eigenvalue weighted by Gasteiger charge is -2.29. The third-order valence-electron chi connectivity index (χ3n) is 6.38. The van der Waals surface area contributed by atoms with Gasteiger partial charge in [0.15, 0.2) is 0 Å². The first-order valence-electron chi connectivity index (χ1n) is 13.7. The Morgan fingerprint density at radius 1 is 1.14 bits per heavy atom. The number of rotatable bonds is 10. The molecule has 0 bridgehead atoms. The molecule has 3 rings (SSSR count). The lowest BCUT2D eigenvalue weighted by Crippen LogP contribution is -2.45. The number of aliphatic hydroxyl groups is 1. The summed E-state index contributed by atoms with van der Waals surface area (Å²) in [5.74, 6) is 1.22. The average molecular weight is 663 g/mol. The highest BCUT2D eigenvalue weighted by Gasteiger charge is 2.32. The van der Waals surface area contributed by atoms with Crippen LogP contribution in [0.25, 0.3) is 0 Å². The van der Waals surface area contributed by atoms with Crippen LogP contribution in [0, 0.1) is 26.7 Å². The fraction of sp³-hybridized carbons (Fsp3) is 0.536. The van der Waals surface area contributed by atoms with E-state index in [0.717, 1.165) is 22.8 Å². The van der Waals surface area contributed by atoms with Gasteiger partial charge in [0.05, 0.1) is 16.9 Å². The number of sulfonamides is 2. The number of anilines is 1. The average Bonchev–Trinajstić information content (AvgIpc) is 2.85. The van der Waals surface area contributed by atoms with Gasteiger partial charge in [-0.05, 0) is 68.0 Å². The van der Waals surface area contributed by atoms with Crippen molar-refractivity contribution in [1.29, 1.82) is 0 Å². The number of aryl methyl sites for hydroxylation is 1. The molecule has 12 nitrogen and oxygen atoms in total. The first-order valence-corrected chi connectivity index (χ1v) is 17.1. The Labute approximate surface area is 259 Å². The summed E-state index contributed by atoms with van der Waals surface area (Å²) < 4.78 is 60.7. The van der Waals surface area contributed by atoms with Crippen LogP contribution in [0.1, 0.15) is 57.7 Å². The molecule has 0 amide bonds. The van der Waals surface area contributed by atoms with Crippen molar-refractivity contribution in [3.63, 3.8) is 0 Å². The van der Waals surface area contributed by atoms with E-state index in [2.05, 4.69) is 15.4 Å². The number of carbonyl (C=O) groups excluding carboxylic acids is 1. The van der Waals surface area contributed by atoms with Crippen LogP contribution < -0.4 is 30.0 Å². The summed E-state index contributed by atoms with van der Waals surface area (Å²) in [6.07, 6.45) is -0.470. The van der Waals surface area contributed by atoms with Crippen molar-refractivity contribution in [2.75, 3.05) is 18.5 Å². The minimum Gasteiger partial charge on any atom is -0.491 e. The molecule has 0 saturated carbocycles. The van der Waals surface area contributed by atoms with Crippen LogP contribution in [-0.2, 0) is 24.8 Å². The highest BCUT2D eigenvalue weighted by Crippen LogP contribution is 2.35. The molecule has 0 fully saturated rings. The molecule has 0 saturated heterocycles. The third-order valence-corrected chi connectivity index (χ3v) is 9.27. The molecular weight excluding hydrogens is 620 g/mol. The summed E-state index contributed by atoms with van der Waals surface area (Å²) in [7, 11) is -7.93. The van der Waals surface area contributed by atoms with Crippen LogP contribution in [0.5, 0.6) is 11.5 Å². The Balaban J connectivity index is 0.000000300. The first kappa shape index (κ1) is 36.7. The quantitative estimate of drug-likeness (QED) is 0.187. The van der Waals surface area contributed by atoms with Gasteiger partial charge >= 0.3 is 5.97 Å². The van der Waals surface area contributed by atoms with Crippen LogP contribution in [0.3, 0.4) is 0 Å². The fourth-order valence-electron chi connectivity index (χ4n) is 4.22. The molecule has 242 valence electrons. The molecule has 0 spiro atoms. The van der Waals surface area contributed by atoms with E-state index >= 15 is 0 Å². The predicted molar refractivity (Wildman–Crippen MR) is 167 cm³/mol. The number of nitrogens with two attached hydrogens (primary N) is 1. The van der Waals surface area contributed by atoms with Gasteiger partial charge in [0.2, 0.25) is 20.0 Å². The second kappa shape index (κ2) is 15.0. The van der Waals surface area contributed by atoms with Gasteiger partial charge in [-0.2, -0.15) is 4.72 Å². The first-order chi connectivity index (χ1) is 19.7. The lowest BCUT2D eigenvalue weighted by atomic mass is 10.0. The van der Waals surface area contributed by atoms with E-state index in [4.69, 9.17) is 26.2 Å². The van der Waals surface area contributed by atoms with Crippen LogP contribution >= 0.6 is 11.6 Å². The standard InChI is InChI=1S/C17H27NO4.C11H16ClN3O4S2/c1-10(2)18-8-15(20)9-21-16-7-11(3)17(22-14(6)19)13(5)12(16)4;1-6(2)3-11-14-8-4-7(12)9(20(13,16)17)5-10(8)21(18,19)15-11/h7,10,15,18,20H,8-9H2,1-6H3;4-6,11,14-15H,3H2,1-2H3,(H2,13,16,17). The van der Waals surface area contributed by atoms with Crippen molar-refractivity contribution in [2.45, 2.75) is 89.9 Å². The monoisotopic (exact) mass is 662 g/mol. The summed E-state index contributed by atoms with van der Waals surface area (Å²) in [6, 6.07) is 4.39. The van der Waals surface area contributed by atoms with Gasteiger partial charge < -0.3 is 25.2 Å². The second-order valence-electron chi connectivity index (χ2n) is 11.2. The third kappa shape index (κ3) is 10.6. The zero-order valence-corrected chi connectivity index (χ0v) is 28.1. The Bertz CT molecular complexity index is 1530. The maximum absolute atomic E-state index is 12.2. The van der Waals surface area contributed by atoms with Crippen molar-refractivity contribution < 1.29 is 36.2 Å². The van der Waals surface area contributed by atoms with Gasteiger partial charge in [-0.15, -0.1) is 0 Å². The number of esters is 1. The highest BCUT2D eigenvalue weighted by molar-refractivity contribution is 7.90. The summed E-state index contributed by atoms with van der Waals surface area (Å²) in [6.45, 7) is 15.7. The van der Waals surface area contributed by atoms with E-state index in [1.165, 1.54) is 13.0 Å². The predicted octanol–water partition coefficient (Wildman–Crippen LogP) is 3.34. The lowest BCUT2D eigenvalue weighted by molar-refractivity contribution is -0.132. The van der Waals surface area contributed by atoms with E-state index in [9.17, 15) is 26.7 Å². The minimum atomic E-state index is -4.10. The molecule has 1 aliphatic heterocycles. The van der Waals surface area contributed by atoms with Crippen LogP contribution in [0.4, 0.5) is 5.69 Å². The van der Waals surface area contributed by atoms with Crippen LogP contribution in [-0.4, -0.2) is 59.4 Å². The summed E-state index contributed by atoms with van der Waals surface area (Å²) in [4.78, 5) is 10.6. The number of ether oxygens (including phenoxy) is 2. The largest absolute Gasteiger partial charge is 0.491 e. The number of benzene rings is 2. The minimum absolute atomic E-state index is 0.121. The van der Waals surface area contributed by atoms with Gasteiger partial charge in [0.1, 0.15) is 34.0 Å². The normalized spacial score (nSPS) is 16.5. The van der Waals surface area contributed by atoms with Crippen LogP contribution in [0.15, 0.2) is 28.0 Å². The Hall–Kier alpha value is -2.46. The highest BCUT2D eigenvalue weighted by atomic mass is 35.5. The molecule has 1 heterocycles. The Kier molecular flexibility index (Phi) is 12.8. The summed E-state index contributed by atoms with van der Waals surface area (Å²) in [5.41, 5.74) is 2.88. The number of carbonyl (C=O) groups is 1. The van der Waals surface area contributed by atoms with Gasteiger partial charge in [0.25, 0.3) is 0 Å². The van der Waals surface area contributed by atoms with Gasteiger partial charge in [-0.25, -0.2) is 22.0 Å². The zero-order valence-electron chi connectivity index (χ0n) is 25.7. The molecule has 1 aliphatic rings. The molecular formula is C28H43ClN4O8S2. The topological polar surface area (TPSA) is 186 Å². The molecule has 6 N–H and O–H groups in total. The molecule has 2 unspecified atom stereocenters. The van der Waals surface area contributed by atoms with Gasteiger partial charge in [-0.3, -0.25) is 4.79 Å². The Morgan fingerprint density at radius 3 is 2.30 bits per heavy atom. The van der Waals surface area contributed by atoms with Crippen LogP contribution in [0.2, 0.25) is 5.02 Å². The molecule has 0 radical (unpaired) electrons. The Morgan fingerprint density at radius 2 is 1.77 bits per heavy atom. The molecule has 0 aliphatic carbocycles. The molecule has 0 aromatic heterocycles. The molecule has 43 heavy (non-hydrogen) atoms. The second-order valence-corrected chi connectivity index (χ2v) is 14.8. The molecule has 2 atom stereocenters. The van der Waals surface area contributed by atoms with E-state index in [0.29, 0.717) is 30.5 Å². The maximum Gasteiger partial charge on any atom is 0.308 e.